The molecule has 1 amide bonds. The van der Waals surface area contributed by atoms with Crippen molar-refractivity contribution >= 4 is 5.91 Å². The van der Waals surface area contributed by atoms with Gasteiger partial charge in [-0.15, -0.1) is 5.10 Å². The molecule has 0 spiro atoms. The molecule has 0 saturated carbocycles. The van der Waals surface area contributed by atoms with Crippen molar-refractivity contribution < 1.29 is 9.18 Å². The van der Waals surface area contributed by atoms with Gasteiger partial charge in [0.1, 0.15) is 5.82 Å². The smallest absolute Gasteiger partial charge is 0.273 e. The quantitative estimate of drug-likeness (QED) is 0.787. The topological polar surface area (TPSA) is 59.8 Å². The summed E-state index contributed by atoms with van der Waals surface area (Å²) in [6, 6.07) is 15.7. The minimum Gasteiger partial charge on any atom is -0.350 e. The number of rotatable bonds is 5. The summed E-state index contributed by atoms with van der Waals surface area (Å²) in [5, 5.41) is 10.6. The summed E-state index contributed by atoms with van der Waals surface area (Å²) >= 11 is 0. The number of nitrogens with zero attached hydrogens (tertiary/aromatic N) is 3. The number of nitrogens with one attached hydrogen (secondary N) is 1. The molecule has 5 nitrogen and oxygen atoms in total. The highest BCUT2D eigenvalue weighted by molar-refractivity contribution is 5.91. The molecule has 0 atom stereocenters. The fourth-order valence-corrected chi connectivity index (χ4v) is 2.18. The Morgan fingerprint density at radius 3 is 2.74 bits per heavy atom. The van der Waals surface area contributed by atoms with E-state index in [1.54, 1.807) is 16.9 Å². The number of benzene rings is 2. The van der Waals surface area contributed by atoms with E-state index >= 15 is 0 Å². The minimum atomic E-state index is -0.302. The Morgan fingerprint density at radius 1 is 1.13 bits per heavy atom. The van der Waals surface area contributed by atoms with Crippen molar-refractivity contribution in [2.75, 3.05) is 6.54 Å². The maximum Gasteiger partial charge on any atom is 0.273 e. The molecule has 23 heavy (non-hydrogen) atoms. The number of halogens is 1. The van der Waals surface area contributed by atoms with Crippen molar-refractivity contribution in [3.63, 3.8) is 0 Å². The van der Waals surface area contributed by atoms with Crippen molar-refractivity contribution in [3.05, 3.63) is 77.9 Å². The Labute approximate surface area is 132 Å². The molecule has 116 valence electrons. The van der Waals surface area contributed by atoms with Crippen LogP contribution >= 0.6 is 0 Å². The molecule has 6 heteroatoms. The molecule has 0 bridgehead atoms. The zero-order valence-corrected chi connectivity index (χ0v) is 12.3. The van der Waals surface area contributed by atoms with Gasteiger partial charge in [-0.3, -0.25) is 4.79 Å². The summed E-state index contributed by atoms with van der Waals surface area (Å²) < 4.78 is 14.6. The maximum absolute atomic E-state index is 13.1. The van der Waals surface area contributed by atoms with E-state index in [4.69, 9.17) is 0 Å². The van der Waals surface area contributed by atoms with Crippen molar-refractivity contribution in [2.45, 2.75) is 6.42 Å². The first kappa shape index (κ1) is 14.9. The van der Waals surface area contributed by atoms with Crippen LogP contribution in [0.15, 0.2) is 60.8 Å². The maximum atomic E-state index is 13.1. The lowest BCUT2D eigenvalue weighted by atomic mass is 10.1. The van der Waals surface area contributed by atoms with Gasteiger partial charge in [0.25, 0.3) is 5.91 Å². The number of carbonyl (C=O) groups excluding carboxylic acids is 1. The highest BCUT2D eigenvalue weighted by atomic mass is 19.1. The number of carbonyl (C=O) groups is 1. The van der Waals surface area contributed by atoms with Crippen LogP contribution in [0.25, 0.3) is 5.69 Å². The van der Waals surface area contributed by atoms with Crippen LogP contribution in [0.1, 0.15) is 16.1 Å². The molecule has 3 rings (SSSR count). The van der Waals surface area contributed by atoms with Gasteiger partial charge in [0.2, 0.25) is 0 Å². The number of amides is 1. The van der Waals surface area contributed by atoms with Gasteiger partial charge in [-0.25, -0.2) is 9.07 Å². The summed E-state index contributed by atoms with van der Waals surface area (Å²) in [6.45, 7) is 0.403. The highest BCUT2D eigenvalue weighted by Crippen LogP contribution is 2.06. The molecular weight excluding hydrogens is 295 g/mol. The second-order valence-corrected chi connectivity index (χ2v) is 5.02. The number of para-hydroxylation sites is 1. The van der Waals surface area contributed by atoms with Gasteiger partial charge in [-0.2, -0.15) is 0 Å². The molecule has 0 aliphatic heterocycles. The summed E-state index contributed by atoms with van der Waals surface area (Å²) in [5.41, 5.74) is 1.91. The lowest BCUT2D eigenvalue weighted by Gasteiger charge is -2.03. The zero-order valence-electron chi connectivity index (χ0n) is 12.3. The first-order chi connectivity index (χ1) is 11.2. The molecule has 1 N–H and O–H groups in total. The van der Waals surface area contributed by atoms with Gasteiger partial charge in [-0.05, 0) is 36.2 Å². The Bertz CT molecular complexity index is 801. The van der Waals surface area contributed by atoms with E-state index in [2.05, 4.69) is 15.6 Å². The number of hydrogen-bond donors (Lipinski definition) is 1. The van der Waals surface area contributed by atoms with Crippen LogP contribution in [-0.2, 0) is 6.42 Å². The molecule has 1 aromatic heterocycles. The average molecular weight is 310 g/mol. The average Bonchev–Trinajstić information content (AvgIpc) is 3.06. The van der Waals surface area contributed by atoms with E-state index in [0.717, 1.165) is 11.3 Å². The molecule has 1 heterocycles. The van der Waals surface area contributed by atoms with Crippen molar-refractivity contribution in [1.29, 1.82) is 0 Å². The predicted octanol–water partition coefficient (Wildman–Crippen LogP) is 2.38. The third-order valence-corrected chi connectivity index (χ3v) is 3.34. The van der Waals surface area contributed by atoms with E-state index in [1.165, 1.54) is 12.1 Å². The Morgan fingerprint density at radius 2 is 1.96 bits per heavy atom. The second-order valence-electron chi connectivity index (χ2n) is 5.02. The molecule has 0 aliphatic carbocycles. The SMILES string of the molecule is O=C(NCCc1cccc(F)c1)c1cn(-c2ccccc2)nn1. The van der Waals surface area contributed by atoms with E-state index in [1.807, 2.05) is 36.4 Å². The predicted molar refractivity (Wildman–Crippen MR) is 83.8 cm³/mol. The van der Waals surface area contributed by atoms with Crippen molar-refractivity contribution in [2.24, 2.45) is 0 Å². The van der Waals surface area contributed by atoms with Gasteiger partial charge >= 0.3 is 0 Å². The van der Waals surface area contributed by atoms with Gasteiger partial charge in [0.05, 0.1) is 11.9 Å². The normalized spacial score (nSPS) is 10.5. The Kier molecular flexibility index (Phi) is 4.42. The monoisotopic (exact) mass is 310 g/mol. The second kappa shape index (κ2) is 6.83. The molecule has 0 saturated heterocycles. The fraction of sp³-hybridized carbons (Fsp3) is 0.118. The lowest BCUT2D eigenvalue weighted by molar-refractivity contribution is 0.0949. The molecule has 2 aromatic carbocycles. The molecule has 0 aliphatic rings. The summed E-state index contributed by atoms with van der Waals surface area (Å²) in [7, 11) is 0. The molecule has 0 fully saturated rings. The largest absolute Gasteiger partial charge is 0.350 e. The van der Waals surface area contributed by atoms with Crippen LogP contribution in [0.3, 0.4) is 0 Å². The van der Waals surface area contributed by atoms with Crippen LogP contribution in [0.5, 0.6) is 0 Å². The third-order valence-electron chi connectivity index (χ3n) is 3.34. The van der Waals surface area contributed by atoms with E-state index in [-0.39, 0.29) is 17.4 Å². The first-order valence-corrected chi connectivity index (χ1v) is 7.23. The Balaban J connectivity index is 1.58. The fourth-order valence-electron chi connectivity index (χ4n) is 2.18. The van der Waals surface area contributed by atoms with E-state index in [9.17, 15) is 9.18 Å². The summed E-state index contributed by atoms with van der Waals surface area (Å²) in [5.74, 6) is -0.580. The van der Waals surface area contributed by atoms with Gasteiger partial charge in [-0.1, -0.05) is 35.5 Å². The Hall–Kier alpha value is -3.02. The summed E-state index contributed by atoms with van der Waals surface area (Å²) in [4.78, 5) is 12.0. The third kappa shape index (κ3) is 3.79. The summed E-state index contributed by atoms with van der Waals surface area (Å²) in [6.07, 6.45) is 2.13. The standard InChI is InChI=1S/C17H15FN4O/c18-14-6-4-5-13(11-14)9-10-19-17(23)16-12-22(21-20-16)15-7-2-1-3-8-15/h1-8,11-12H,9-10H2,(H,19,23). The van der Waals surface area contributed by atoms with Crippen LogP contribution in [-0.4, -0.2) is 27.4 Å². The number of aromatic nitrogens is 3. The highest BCUT2D eigenvalue weighted by Gasteiger charge is 2.10. The molecule has 0 radical (unpaired) electrons. The minimum absolute atomic E-state index is 0.244. The van der Waals surface area contributed by atoms with Gasteiger partial charge in [0.15, 0.2) is 5.69 Å². The lowest BCUT2D eigenvalue weighted by Crippen LogP contribution is -2.26. The van der Waals surface area contributed by atoms with Crippen molar-refractivity contribution in [1.82, 2.24) is 20.3 Å². The van der Waals surface area contributed by atoms with Crippen molar-refractivity contribution in [3.8, 4) is 5.69 Å². The van der Waals surface area contributed by atoms with E-state index in [0.29, 0.717) is 13.0 Å². The first-order valence-electron chi connectivity index (χ1n) is 7.23. The molecular formula is C17H15FN4O. The van der Waals surface area contributed by atoms with Gasteiger partial charge < -0.3 is 5.32 Å². The van der Waals surface area contributed by atoms with Gasteiger partial charge in [0, 0.05) is 6.54 Å². The van der Waals surface area contributed by atoms with Crippen LogP contribution < -0.4 is 5.32 Å². The molecule has 0 unspecified atom stereocenters. The molecule has 3 aromatic rings. The number of hydrogen-bond acceptors (Lipinski definition) is 3. The zero-order chi connectivity index (χ0) is 16.1. The van der Waals surface area contributed by atoms with E-state index < -0.39 is 0 Å². The van der Waals surface area contributed by atoms with Crippen LogP contribution in [0.2, 0.25) is 0 Å². The van der Waals surface area contributed by atoms with Crippen LogP contribution in [0, 0.1) is 5.82 Å². The van der Waals surface area contributed by atoms with Crippen LogP contribution in [0.4, 0.5) is 4.39 Å².